The van der Waals surface area contributed by atoms with Gasteiger partial charge in [0.1, 0.15) is 11.6 Å². The Morgan fingerprint density at radius 2 is 1.95 bits per heavy atom. The van der Waals surface area contributed by atoms with Gasteiger partial charge in [0.25, 0.3) is 5.89 Å². The van der Waals surface area contributed by atoms with Gasteiger partial charge < -0.3 is 10.3 Å². The zero-order valence-corrected chi connectivity index (χ0v) is 9.75. The quantitative estimate of drug-likeness (QED) is 0.762. The van der Waals surface area contributed by atoms with E-state index in [4.69, 9.17) is 10.3 Å². The van der Waals surface area contributed by atoms with Crippen LogP contribution in [0, 0.1) is 5.82 Å². The first-order valence-electron chi connectivity index (χ1n) is 5.54. The van der Waals surface area contributed by atoms with Gasteiger partial charge in [0.2, 0.25) is 5.82 Å². The van der Waals surface area contributed by atoms with Crippen LogP contribution in [0.25, 0.3) is 22.8 Å². The highest BCUT2D eigenvalue weighted by Gasteiger charge is 2.13. The van der Waals surface area contributed by atoms with Crippen LogP contribution in [0.4, 0.5) is 10.2 Å². The number of hydrogen-bond donors (Lipinski definition) is 1. The summed E-state index contributed by atoms with van der Waals surface area (Å²) in [5.74, 6) is 0.471. The lowest BCUT2D eigenvalue weighted by Gasteiger charge is -1.95. The Balaban J connectivity index is 2.00. The molecule has 0 unspecified atom stereocenters. The molecule has 2 heterocycles. The lowest BCUT2D eigenvalue weighted by Crippen LogP contribution is -1.89. The van der Waals surface area contributed by atoms with Gasteiger partial charge in [-0.2, -0.15) is 4.98 Å². The van der Waals surface area contributed by atoms with Gasteiger partial charge in [0.05, 0.1) is 11.1 Å². The fraction of sp³-hybridized carbons (Fsp3) is 0. The number of nitrogen functional groups attached to an aromatic ring is 1. The maximum Gasteiger partial charge on any atom is 0.259 e. The highest BCUT2D eigenvalue weighted by atomic mass is 19.1. The van der Waals surface area contributed by atoms with E-state index in [0.717, 1.165) is 0 Å². The molecule has 0 fully saturated rings. The summed E-state index contributed by atoms with van der Waals surface area (Å²) in [6.45, 7) is 0. The number of pyridine rings is 1. The second kappa shape index (κ2) is 4.49. The number of benzene rings is 1. The second-order valence-corrected chi connectivity index (χ2v) is 3.87. The molecule has 0 bridgehead atoms. The molecule has 3 rings (SSSR count). The molecule has 0 spiro atoms. The summed E-state index contributed by atoms with van der Waals surface area (Å²) in [5.41, 5.74) is 6.42. The summed E-state index contributed by atoms with van der Waals surface area (Å²) in [6.07, 6.45) is 1.52. The SMILES string of the molecule is Nc1ccc(-c2nc(-c3ccccc3F)no2)cn1. The topological polar surface area (TPSA) is 77.8 Å². The molecule has 2 N–H and O–H groups in total. The summed E-state index contributed by atoms with van der Waals surface area (Å²) in [7, 11) is 0. The van der Waals surface area contributed by atoms with Gasteiger partial charge in [-0.3, -0.25) is 0 Å². The fourth-order valence-electron chi connectivity index (χ4n) is 1.62. The number of nitrogens with zero attached hydrogens (tertiary/aromatic N) is 3. The van der Waals surface area contributed by atoms with E-state index in [0.29, 0.717) is 16.9 Å². The third-order valence-electron chi connectivity index (χ3n) is 2.57. The number of hydrogen-bond acceptors (Lipinski definition) is 5. The molecule has 6 heteroatoms. The monoisotopic (exact) mass is 256 g/mol. The average molecular weight is 256 g/mol. The predicted octanol–water partition coefficient (Wildman–Crippen LogP) is 2.52. The van der Waals surface area contributed by atoms with Gasteiger partial charge in [0.15, 0.2) is 0 Å². The molecular weight excluding hydrogens is 247 g/mol. The van der Waals surface area contributed by atoms with Crippen LogP contribution in [0.1, 0.15) is 0 Å². The first kappa shape index (κ1) is 11.3. The van der Waals surface area contributed by atoms with Crippen molar-refractivity contribution in [3.05, 3.63) is 48.4 Å². The maximum absolute atomic E-state index is 13.6. The van der Waals surface area contributed by atoms with E-state index < -0.39 is 5.82 Å². The molecular formula is C13H9FN4O. The lowest BCUT2D eigenvalue weighted by atomic mass is 10.2. The summed E-state index contributed by atoms with van der Waals surface area (Å²) in [6, 6.07) is 9.58. The van der Waals surface area contributed by atoms with Crippen LogP contribution in [0.15, 0.2) is 47.1 Å². The third kappa shape index (κ3) is 2.15. The molecule has 5 nitrogen and oxygen atoms in total. The summed E-state index contributed by atoms with van der Waals surface area (Å²) in [5, 5.41) is 3.76. The van der Waals surface area contributed by atoms with Crippen molar-refractivity contribution in [2.45, 2.75) is 0 Å². The molecule has 3 aromatic rings. The van der Waals surface area contributed by atoms with E-state index in [-0.39, 0.29) is 11.7 Å². The minimum absolute atomic E-state index is 0.199. The molecule has 1 aromatic carbocycles. The number of nitrogens with two attached hydrogens (primary N) is 1. The minimum Gasteiger partial charge on any atom is -0.384 e. The second-order valence-electron chi connectivity index (χ2n) is 3.87. The molecule has 0 amide bonds. The van der Waals surface area contributed by atoms with E-state index in [1.807, 2.05) is 0 Å². The number of rotatable bonds is 2. The van der Waals surface area contributed by atoms with Gasteiger partial charge in [-0.25, -0.2) is 9.37 Å². The number of anilines is 1. The normalized spacial score (nSPS) is 10.6. The first-order valence-corrected chi connectivity index (χ1v) is 5.54. The fourth-order valence-corrected chi connectivity index (χ4v) is 1.62. The molecule has 0 atom stereocenters. The van der Waals surface area contributed by atoms with Crippen LogP contribution in [0.2, 0.25) is 0 Å². The van der Waals surface area contributed by atoms with E-state index in [9.17, 15) is 4.39 Å². The molecule has 0 aliphatic rings. The Morgan fingerprint density at radius 1 is 1.11 bits per heavy atom. The molecule has 0 saturated carbocycles. The van der Waals surface area contributed by atoms with Crippen molar-refractivity contribution in [3.8, 4) is 22.8 Å². The predicted molar refractivity (Wildman–Crippen MR) is 67.3 cm³/mol. The summed E-state index contributed by atoms with van der Waals surface area (Å²) >= 11 is 0. The van der Waals surface area contributed by atoms with Crippen LogP contribution in [0.5, 0.6) is 0 Å². The highest BCUT2D eigenvalue weighted by molar-refractivity contribution is 5.60. The zero-order chi connectivity index (χ0) is 13.2. The summed E-state index contributed by atoms with van der Waals surface area (Å²) < 4.78 is 18.7. The smallest absolute Gasteiger partial charge is 0.259 e. The van der Waals surface area contributed by atoms with Crippen molar-refractivity contribution >= 4 is 5.82 Å². The molecule has 19 heavy (non-hydrogen) atoms. The molecule has 0 aliphatic heterocycles. The van der Waals surface area contributed by atoms with E-state index in [2.05, 4.69) is 15.1 Å². The van der Waals surface area contributed by atoms with Crippen molar-refractivity contribution in [1.29, 1.82) is 0 Å². The Hall–Kier alpha value is -2.76. The van der Waals surface area contributed by atoms with Gasteiger partial charge in [-0.15, -0.1) is 0 Å². The van der Waals surface area contributed by atoms with Crippen molar-refractivity contribution in [2.24, 2.45) is 0 Å². The van der Waals surface area contributed by atoms with Gasteiger partial charge in [-0.1, -0.05) is 17.3 Å². The highest BCUT2D eigenvalue weighted by Crippen LogP contribution is 2.23. The maximum atomic E-state index is 13.6. The molecule has 0 radical (unpaired) electrons. The molecule has 0 saturated heterocycles. The number of halogens is 1. The Morgan fingerprint density at radius 3 is 2.68 bits per heavy atom. The van der Waals surface area contributed by atoms with Crippen molar-refractivity contribution in [1.82, 2.24) is 15.1 Å². The average Bonchev–Trinajstić information content (AvgIpc) is 2.89. The van der Waals surface area contributed by atoms with Crippen LogP contribution >= 0.6 is 0 Å². The minimum atomic E-state index is -0.398. The molecule has 0 aliphatic carbocycles. The van der Waals surface area contributed by atoms with E-state index >= 15 is 0 Å². The first-order chi connectivity index (χ1) is 9.24. The van der Waals surface area contributed by atoms with Crippen molar-refractivity contribution in [3.63, 3.8) is 0 Å². The number of aromatic nitrogens is 3. The van der Waals surface area contributed by atoms with Crippen LogP contribution in [-0.2, 0) is 0 Å². The summed E-state index contributed by atoms with van der Waals surface area (Å²) in [4.78, 5) is 8.07. The third-order valence-corrected chi connectivity index (χ3v) is 2.57. The van der Waals surface area contributed by atoms with Gasteiger partial charge >= 0.3 is 0 Å². The van der Waals surface area contributed by atoms with Crippen LogP contribution in [-0.4, -0.2) is 15.1 Å². The van der Waals surface area contributed by atoms with Crippen LogP contribution in [0.3, 0.4) is 0 Å². The largest absolute Gasteiger partial charge is 0.384 e. The van der Waals surface area contributed by atoms with Gasteiger partial charge in [0, 0.05) is 6.20 Å². The Bertz CT molecular complexity index is 709. The Labute approximate surface area is 107 Å². The van der Waals surface area contributed by atoms with Crippen LogP contribution < -0.4 is 5.73 Å². The lowest BCUT2D eigenvalue weighted by molar-refractivity contribution is 0.431. The zero-order valence-electron chi connectivity index (χ0n) is 9.75. The Kier molecular flexibility index (Phi) is 2.68. The van der Waals surface area contributed by atoms with E-state index in [1.54, 1.807) is 30.3 Å². The van der Waals surface area contributed by atoms with Gasteiger partial charge in [-0.05, 0) is 24.3 Å². The van der Waals surface area contributed by atoms with Crippen molar-refractivity contribution in [2.75, 3.05) is 5.73 Å². The molecule has 94 valence electrons. The van der Waals surface area contributed by atoms with Crippen molar-refractivity contribution < 1.29 is 8.91 Å². The molecule has 2 aromatic heterocycles. The van der Waals surface area contributed by atoms with E-state index in [1.165, 1.54) is 12.3 Å². The standard InChI is InChI=1S/C13H9FN4O/c14-10-4-2-1-3-9(10)12-17-13(19-18-12)8-5-6-11(15)16-7-8/h1-7H,(H2,15,16).